The zero-order valence-corrected chi connectivity index (χ0v) is 13.4. The Morgan fingerprint density at radius 1 is 1.20 bits per heavy atom. The maximum absolute atomic E-state index is 6.18. The van der Waals surface area contributed by atoms with Gasteiger partial charge in [0.1, 0.15) is 11.0 Å². The Morgan fingerprint density at radius 3 is 2.35 bits per heavy atom. The summed E-state index contributed by atoms with van der Waals surface area (Å²) in [6.45, 7) is 9.85. The monoisotopic (exact) mass is 294 g/mol. The van der Waals surface area contributed by atoms with Gasteiger partial charge in [0.2, 0.25) is 11.8 Å². The first-order valence-electron chi connectivity index (χ1n) is 6.41. The van der Waals surface area contributed by atoms with E-state index < -0.39 is 0 Å². The standard InChI is InChI=1S/C14H19ClN4O/c1-8-7-10(19(6)18-8)20-12-9(2)11(15)16-13(17-12)14(3,4)5/h7H,1-6H3. The highest BCUT2D eigenvalue weighted by atomic mass is 35.5. The van der Waals surface area contributed by atoms with Gasteiger partial charge in [-0.15, -0.1) is 0 Å². The number of halogens is 1. The average molecular weight is 295 g/mol. The summed E-state index contributed by atoms with van der Waals surface area (Å²) in [5.41, 5.74) is 1.41. The molecule has 0 atom stereocenters. The predicted octanol–water partition coefficient (Wildman–Crippen LogP) is 3.57. The molecule has 2 heterocycles. The Labute approximate surface area is 124 Å². The van der Waals surface area contributed by atoms with Gasteiger partial charge >= 0.3 is 0 Å². The summed E-state index contributed by atoms with van der Waals surface area (Å²) in [4.78, 5) is 8.82. The van der Waals surface area contributed by atoms with Crippen molar-refractivity contribution in [1.29, 1.82) is 0 Å². The minimum atomic E-state index is -0.197. The van der Waals surface area contributed by atoms with Gasteiger partial charge in [-0.1, -0.05) is 32.4 Å². The molecule has 0 saturated carbocycles. The summed E-state index contributed by atoms with van der Waals surface area (Å²) in [5, 5.41) is 4.66. The summed E-state index contributed by atoms with van der Waals surface area (Å²) in [6, 6.07) is 1.85. The van der Waals surface area contributed by atoms with E-state index in [1.165, 1.54) is 0 Å². The molecule has 0 N–H and O–H groups in total. The van der Waals surface area contributed by atoms with Crippen molar-refractivity contribution in [3.05, 3.63) is 28.3 Å². The third-order valence-electron chi connectivity index (χ3n) is 2.87. The van der Waals surface area contributed by atoms with Crippen molar-refractivity contribution in [1.82, 2.24) is 19.7 Å². The number of hydrogen-bond acceptors (Lipinski definition) is 4. The van der Waals surface area contributed by atoms with E-state index in [1.54, 1.807) is 4.68 Å². The summed E-state index contributed by atoms with van der Waals surface area (Å²) < 4.78 is 7.51. The molecule has 0 aliphatic carbocycles. The lowest BCUT2D eigenvalue weighted by atomic mass is 9.96. The number of nitrogens with zero attached hydrogens (tertiary/aromatic N) is 4. The lowest BCUT2D eigenvalue weighted by molar-refractivity contribution is 0.403. The van der Waals surface area contributed by atoms with Crippen molar-refractivity contribution in [2.75, 3.05) is 0 Å². The molecule has 0 aliphatic heterocycles. The van der Waals surface area contributed by atoms with Gasteiger partial charge in [0.05, 0.1) is 5.69 Å². The highest BCUT2D eigenvalue weighted by Gasteiger charge is 2.22. The minimum Gasteiger partial charge on any atom is -0.421 e. The van der Waals surface area contributed by atoms with Gasteiger partial charge in [-0.25, -0.2) is 9.67 Å². The Morgan fingerprint density at radius 2 is 1.85 bits per heavy atom. The molecule has 0 bridgehead atoms. The summed E-state index contributed by atoms with van der Waals surface area (Å²) in [7, 11) is 1.82. The van der Waals surface area contributed by atoms with E-state index in [0.29, 0.717) is 22.7 Å². The van der Waals surface area contributed by atoms with Crippen LogP contribution in [-0.4, -0.2) is 19.7 Å². The molecule has 0 radical (unpaired) electrons. The SMILES string of the molecule is Cc1cc(Oc2nc(C(C)(C)C)nc(Cl)c2C)n(C)n1. The predicted molar refractivity (Wildman–Crippen MR) is 78.5 cm³/mol. The van der Waals surface area contributed by atoms with Crippen molar-refractivity contribution in [3.8, 4) is 11.8 Å². The van der Waals surface area contributed by atoms with Gasteiger partial charge in [0.15, 0.2) is 0 Å². The van der Waals surface area contributed by atoms with Gasteiger partial charge in [0, 0.05) is 24.1 Å². The number of rotatable bonds is 2. The molecule has 0 saturated heterocycles. The molecular weight excluding hydrogens is 276 g/mol. The molecule has 0 spiro atoms. The van der Waals surface area contributed by atoms with E-state index in [0.717, 1.165) is 11.3 Å². The molecule has 6 heteroatoms. The van der Waals surface area contributed by atoms with E-state index in [9.17, 15) is 0 Å². The third kappa shape index (κ3) is 2.93. The molecule has 108 valence electrons. The summed E-state index contributed by atoms with van der Waals surface area (Å²) in [6.07, 6.45) is 0. The molecule has 20 heavy (non-hydrogen) atoms. The van der Waals surface area contributed by atoms with E-state index in [2.05, 4.69) is 15.1 Å². The van der Waals surface area contributed by atoms with Crippen LogP contribution in [0.4, 0.5) is 0 Å². The van der Waals surface area contributed by atoms with Gasteiger partial charge in [-0.2, -0.15) is 10.1 Å². The number of aryl methyl sites for hydroxylation is 2. The molecule has 2 aromatic heterocycles. The number of ether oxygens (including phenoxy) is 1. The van der Waals surface area contributed by atoms with Crippen LogP contribution in [0, 0.1) is 13.8 Å². The Kier molecular flexibility index (Phi) is 3.73. The van der Waals surface area contributed by atoms with Crippen LogP contribution in [-0.2, 0) is 12.5 Å². The quantitative estimate of drug-likeness (QED) is 0.795. The van der Waals surface area contributed by atoms with Crippen molar-refractivity contribution < 1.29 is 4.74 Å². The first-order valence-corrected chi connectivity index (χ1v) is 6.79. The van der Waals surface area contributed by atoms with Crippen molar-refractivity contribution in [2.24, 2.45) is 7.05 Å². The maximum Gasteiger partial charge on any atom is 0.229 e. The van der Waals surface area contributed by atoms with Crippen LogP contribution in [0.25, 0.3) is 0 Å². The highest BCUT2D eigenvalue weighted by molar-refractivity contribution is 6.30. The lowest BCUT2D eigenvalue weighted by Crippen LogP contribution is -2.17. The molecule has 2 rings (SSSR count). The van der Waals surface area contributed by atoms with E-state index >= 15 is 0 Å². The van der Waals surface area contributed by atoms with Crippen LogP contribution >= 0.6 is 11.6 Å². The number of aromatic nitrogens is 4. The van der Waals surface area contributed by atoms with Crippen LogP contribution < -0.4 is 4.74 Å². The molecule has 0 aromatic carbocycles. The average Bonchev–Trinajstić information content (AvgIpc) is 2.62. The second-order valence-electron chi connectivity index (χ2n) is 5.87. The van der Waals surface area contributed by atoms with Gasteiger partial charge in [-0.3, -0.25) is 0 Å². The second kappa shape index (κ2) is 5.05. The third-order valence-corrected chi connectivity index (χ3v) is 3.24. The van der Waals surface area contributed by atoms with E-state index in [1.807, 2.05) is 47.7 Å². The zero-order chi connectivity index (χ0) is 15.1. The first kappa shape index (κ1) is 14.8. The smallest absolute Gasteiger partial charge is 0.229 e. The molecular formula is C14H19ClN4O. The molecule has 0 fully saturated rings. The van der Waals surface area contributed by atoms with Crippen LogP contribution in [0.5, 0.6) is 11.8 Å². The highest BCUT2D eigenvalue weighted by Crippen LogP contribution is 2.30. The fraction of sp³-hybridized carbons (Fsp3) is 0.500. The van der Waals surface area contributed by atoms with Crippen LogP contribution in [0.3, 0.4) is 0 Å². The van der Waals surface area contributed by atoms with Crippen LogP contribution in [0.15, 0.2) is 6.07 Å². The fourth-order valence-electron chi connectivity index (χ4n) is 1.69. The Hall–Kier alpha value is -1.62. The molecule has 0 aliphatic rings. The molecule has 2 aromatic rings. The van der Waals surface area contributed by atoms with Crippen molar-refractivity contribution in [3.63, 3.8) is 0 Å². The van der Waals surface area contributed by atoms with Crippen LogP contribution in [0.1, 0.15) is 37.9 Å². The fourth-order valence-corrected chi connectivity index (χ4v) is 1.85. The van der Waals surface area contributed by atoms with Crippen molar-refractivity contribution in [2.45, 2.75) is 40.0 Å². The number of hydrogen-bond donors (Lipinski definition) is 0. The van der Waals surface area contributed by atoms with Gasteiger partial charge in [0.25, 0.3) is 0 Å². The van der Waals surface area contributed by atoms with Crippen LogP contribution in [0.2, 0.25) is 5.15 Å². The Bertz CT molecular complexity index is 643. The van der Waals surface area contributed by atoms with Crippen molar-refractivity contribution >= 4 is 11.6 Å². The summed E-state index contributed by atoms with van der Waals surface area (Å²) >= 11 is 6.18. The van der Waals surface area contributed by atoms with Gasteiger partial charge in [-0.05, 0) is 13.8 Å². The largest absolute Gasteiger partial charge is 0.421 e. The normalized spacial score (nSPS) is 11.8. The second-order valence-corrected chi connectivity index (χ2v) is 6.23. The Balaban J connectivity index is 2.46. The first-order chi connectivity index (χ1) is 9.18. The minimum absolute atomic E-state index is 0.197. The lowest BCUT2D eigenvalue weighted by Gasteiger charge is -2.18. The topological polar surface area (TPSA) is 52.8 Å². The van der Waals surface area contributed by atoms with E-state index in [-0.39, 0.29) is 5.41 Å². The summed E-state index contributed by atoms with van der Waals surface area (Å²) in [5.74, 6) is 1.75. The van der Waals surface area contributed by atoms with E-state index in [4.69, 9.17) is 16.3 Å². The van der Waals surface area contributed by atoms with Gasteiger partial charge < -0.3 is 4.74 Å². The zero-order valence-electron chi connectivity index (χ0n) is 12.7. The molecule has 5 nitrogen and oxygen atoms in total. The molecule has 0 amide bonds. The molecule has 0 unspecified atom stereocenters. The maximum atomic E-state index is 6.18.